The topological polar surface area (TPSA) is 63.7 Å². The Hall–Kier alpha value is -1.39. The van der Waals surface area contributed by atoms with Gasteiger partial charge in [0, 0.05) is 13.0 Å². The first-order valence-electron chi connectivity index (χ1n) is 7.49. The summed E-state index contributed by atoms with van der Waals surface area (Å²) < 4.78 is 4.69. The summed E-state index contributed by atoms with van der Waals surface area (Å²) in [6, 6.07) is -0.500. The smallest absolute Gasteiger partial charge is 0.328 e. The van der Waals surface area contributed by atoms with Crippen molar-refractivity contribution in [2.45, 2.75) is 64.3 Å². The van der Waals surface area contributed by atoms with Gasteiger partial charge in [0.1, 0.15) is 11.8 Å². The highest BCUT2D eigenvalue weighted by molar-refractivity contribution is 5.99. The lowest BCUT2D eigenvalue weighted by Gasteiger charge is -2.22. The van der Waals surface area contributed by atoms with Crippen LogP contribution in [0.25, 0.3) is 0 Å². The Balaban J connectivity index is 2.37. The van der Waals surface area contributed by atoms with E-state index in [1.807, 2.05) is 0 Å². The predicted molar refractivity (Wildman–Crippen MR) is 75.1 cm³/mol. The van der Waals surface area contributed by atoms with Crippen LogP contribution in [-0.4, -0.2) is 42.3 Å². The van der Waals surface area contributed by atoms with Crippen LogP contribution in [0.1, 0.15) is 58.3 Å². The van der Waals surface area contributed by atoms with Crippen LogP contribution in [0.3, 0.4) is 0 Å². The molecular formula is C15H25NO4. The normalized spacial score (nSPS) is 18.1. The van der Waals surface area contributed by atoms with Crippen LogP contribution in [0.4, 0.5) is 0 Å². The highest BCUT2D eigenvalue weighted by Crippen LogP contribution is 2.19. The molecule has 1 heterocycles. The largest absolute Gasteiger partial charge is 0.467 e. The van der Waals surface area contributed by atoms with Crippen molar-refractivity contribution < 1.29 is 19.1 Å². The minimum atomic E-state index is -0.500. The van der Waals surface area contributed by atoms with E-state index in [0.717, 1.165) is 32.1 Å². The first-order valence-corrected chi connectivity index (χ1v) is 7.49. The van der Waals surface area contributed by atoms with Gasteiger partial charge in [-0.05, 0) is 19.3 Å². The molecule has 1 aliphatic heterocycles. The molecule has 0 radical (unpaired) electrons. The van der Waals surface area contributed by atoms with Crippen LogP contribution in [0.2, 0.25) is 0 Å². The third-order valence-corrected chi connectivity index (χ3v) is 3.70. The Kier molecular flexibility index (Phi) is 7.26. The molecule has 114 valence electrons. The van der Waals surface area contributed by atoms with Crippen molar-refractivity contribution in [1.29, 1.82) is 0 Å². The lowest BCUT2D eigenvalue weighted by Crippen LogP contribution is -2.41. The number of unbranched alkanes of at least 4 members (excludes halogenated alkanes) is 3. The third-order valence-electron chi connectivity index (χ3n) is 3.70. The minimum absolute atomic E-state index is 0.0263. The molecule has 0 aliphatic carbocycles. The Labute approximate surface area is 120 Å². The van der Waals surface area contributed by atoms with E-state index in [1.165, 1.54) is 12.0 Å². The highest BCUT2D eigenvalue weighted by atomic mass is 16.5. The van der Waals surface area contributed by atoms with Gasteiger partial charge in [-0.2, -0.15) is 0 Å². The fourth-order valence-electron chi connectivity index (χ4n) is 2.55. The number of carbonyl (C=O) groups excluding carboxylic acids is 3. The zero-order valence-corrected chi connectivity index (χ0v) is 12.5. The van der Waals surface area contributed by atoms with E-state index in [9.17, 15) is 14.4 Å². The predicted octanol–water partition coefficient (Wildman–Crippen LogP) is 2.08. The maximum Gasteiger partial charge on any atom is 0.328 e. The van der Waals surface area contributed by atoms with Crippen molar-refractivity contribution in [3.05, 3.63) is 0 Å². The highest BCUT2D eigenvalue weighted by Gasteiger charge is 2.35. The molecule has 0 aromatic rings. The lowest BCUT2D eigenvalue weighted by atomic mass is 10.1. The van der Waals surface area contributed by atoms with Gasteiger partial charge in [-0.25, -0.2) is 4.79 Å². The van der Waals surface area contributed by atoms with E-state index in [1.54, 1.807) is 0 Å². The number of hydrogen-bond acceptors (Lipinski definition) is 4. The Bertz CT molecular complexity index is 354. The summed E-state index contributed by atoms with van der Waals surface area (Å²) >= 11 is 0. The molecule has 1 amide bonds. The van der Waals surface area contributed by atoms with Crippen LogP contribution < -0.4 is 0 Å². The van der Waals surface area contributed by atoms with E-state index < -0.39 is 6.04 Å². The number of rotatable bonds is 8. The van der Waals surface area contributed by atoms with Crippen LogP contribution in [-0.2, 0) is 19.1 Å². The monoisotopic (exact) mass is 283 g/mol. The molecule has 20 heavy (non-hydrogen) atoms. The molecule has 0 aromatic carbocycles. The van der Waals surface area contributed by atoms with Gasteiger partial charge in [-0.3, -0.25) is 9.59 Å². The number of hydrogen-bond donors (Lipinski definition) is 0. The zero-order chi connectivity index (χ0) is 15.0. The lowest BCUT2D eigenvalue weighted by molar-refractivity contribution is -0.151. The maximum absolute atomic E-state index is 12.1. The average molecular weight is 283 g/mol. The number of ether oxygens (including phenoxy) is 1. The van der Waals surface area contributed by atoms with Gasteiger partial charge >= 0.3 is 5.97 Å². The summed E-state index contributed by atoms with van der Waals surface area (Å²) in [5, 5.41) is 0. The fraction of sp³-hybridized carbons (Fsp3) is 0.800. The van der Waals surface area contributed by atoms with Crippen molar-refractivity contribution in [1.82, 2.24) is 4.90 Å². The molecule has 5 heteroatoms. The van der Waals surface area contributed by atoms with Gasteiger partial charge in [0.05, 0.1) is 13.5 Å². The minimum Gasteiger partial charge on any atom is -0.467 e. The molecule has 0 bridgehead atoms. The molecule has 1 rings (SSSR count). The number of methoxy groups -OCH3 is 1. The molecule has 1 saturated heterocycles. The summed E-state index contributed by atoms with van der Waals surface area (Å²) in [5.74, 6) is -0.647. The van der Waals surface area contributed by atoms with Crippen molar-refractivity contribution in [3.63, 3.8) is 0 Å². The Morgan fingerprint density at radius 1 is 1.20 bits per heavy atom. The van der Waals surface area contributed by atoms with Crippen molar-refractivity contribution in [2.24, 2.45) is 0 Å². The van der Waals surface area contributed by atoms with Gasteiger partial charge in [0.2, 0.25) is 5.91 Å². The number of nitrogens with zero attached hydrogens (tertiary/aromatic N) is 1. The zero-order valence-electron chi connectivity index (χ0n) is 12.5. The molecule has 0 spiro atoms. The molecular weight excluding hydrogens is 258 g/mol. The van der Waals surface area contributed by atoms with Gasteiger partial charge in [-0.1, -0.05) is 26.2 Å². The molecule has 1 fully saturated rings. The van der Waals surface area contributed by atoms with E-state index in [-0.39, 0.29) is 24.1 Å². The maximum atomic E-state index is 12.1. The summed E-state index contributed by atoms with van der Waals surface area (Å²) in [6.45, 7) is 2.66. The van der Waals surface area contributed by atoms with Gasteiger partial charge < -0.3 is 9.64 Å². The van der Waals surface area contributed by atoms with Crippen molar-refractivity contribution in [3.8, 4) is 0 Å². The SMILES string of the molecule is CCCCCCC(=O)CC(=O)N1CCCC1C(=O)OC. The van der Waals surface area contributed by atoms with E-state index in [2.05, 4.69) is 6.92 Å². The molecule has 0 aromatic heterocycles. The van der Waals surface area contributed by atoms with Crippen molar-refractivity contribution in [2.75, 3.05) is 13.7 Å². The van der Waals surface area contributed by atoms with E-state index in [0.29, 0.717) is 19.4 Å². The number of Topliss-reactive ketones (excluding diaryl/α,β-unsaturated/α-hetero) is 1. The fourth-order valence-corrected chi connectivity index (χ4v) is 2.55. The number of ketones is 1. The quantitative estimate of drug-likeness (QED) is 0.389. The second kappa shape index (κ2) is 8.72. The first kappa shape index (κ1) is 16.7. The van der Waals surface area contributed by atoms with E-state index in [4.69, 9.17) is 4.74 Å². The molecule has 5 nitrogen and oxygen atoms in total. The van der Waals surface area contributed by atoms with Crippen LogP contribution in [0.15, 0.2) is 0 Å². The van der Waals surface area contributed by atoms with Crippen LogP contribution >= 0.6 is 0 Å². The summed E-state index contributed by atoms with van der Waals surface area (Å²) in [7, 11) is 1.32. The van der Waals surface area contributed by atoms with Crippen LogP contribution in [0.5, 0.6) is 0 Å². The molecule has 0 N–H and O–H groups in total. The summed E-state index contributed by atoms with van der Waals surface area (Å²) in [4.78, 5) is 36.9. The van der Waals surface area contributed by atoms with Gasteiger partial charge in [-0.15, -0.1) is 0 Å². The van der Waals surface area contributed by atoms with Gasteiger partial charge in [0.25, 0.3) is 0 Å². The third kappa shape index (κ3) is 4.94. The standard InChI is InChI=1S/C15H25NO4/c1-3-4-5-6-8-12(17)11-14(18)16-10-7-9-13(16)15(19)20-2/h13H,3-11H2,1-2H3. The number of carbonyl (C=O) groups is 3. The van der Waals surface area contributed by atoms with Crippen LogP contribution in [0, 0.1) is 0 Å². The second-order valence-electron chi connectivity index (χ2n) is 5.29. The average Bonchev–Trinajstić information content (AvgIpc) is 2.92. The molecule has 1 atom stereocenters. The Morgan fingerprint density at radius 3 is 2.60 bits per heavy atom. The first-order chi connectivity index (χ1) is 9.60. The molecule has 0 saturated carbocycles. The molecule has 1 aliphatic rings. The summed E-state index contributed by atoms with van der Waals surface area (Å²) in [5.41, 5.74) is 0. The van der Waals surface area contributed by atoms with E-state index >= 15 is 0 Å². The number of likely N-dealkylation sites (tertiary alicyclic amines) is 1. The summed E-state index contributed by atoms with van der Waals surface area (Å²) in [6.07, 6.45) is 5.92. The van der Waals surface area contributed by atoms with Crippen molar-refractivity contribution >= 4 is 17.7 Å². The van der Waals surface area contributed by atoms with Gasteiger partial charge in [0.15, 0.2) is 0 Å². The molecule has 1 unspecified atom stereocenters. The number of amides is 1. The number of esters is 1. The second-order valence-corrected chi connectivity index (χ2v) is 5.29. The Morgan fingerprint density at radius 2 is 1.95 bits per heavy atom.